The Bertz CT molecular complexity index is 782. The average molecular weight is 358 g/mol. The molecule has 6 heteroatoms. The number of hydrogen-bond donors (Lipinski definition) is 1. The van der Waals surface area contributed by atoms with Crippen LogP contribution in [0.2, 0.25) is 0 Å². The largest absolute Gasteiger partial charge is 0.464 e. The van der Waals surface area contributed by atoms with Crippen LogP contribution in [0, 0.1) is 0 Å². The van der Waals surface area contributed by atoms with Crippen molar-refractivity contribution in [2.24, 2.45) is 0 Å². The van der Waals surface area contributed by atoms with Crippen molar-refractivity contribution in [2.75, 3.05) is 13.1 Å². The van der Waals surface area contributed by atoms with Crippen LogP contribution in [-0.2, 0) is 16.0 Å². The molecule has 0 aliphatic carbocycles. The van der Waals surface area contributed by atoms with E-state index in [9.17, 15) is 9.59 Å². The highest BCUT2D eigenvalue weighted by atomic mass is 16.6. The van der Waals surface area contributed by atoms with Crippen LogP contribution in [0.1, 0.15) is 39.2 Å². The van der Waals surface area contributed by atoms with E-state index in [1.165, 1.54) is 0 Å². The molecule has 2 heterocycles. The number of benzene rings is 1. The van der Waals surface area contributed by atoms with Crippen molar-refractivity contribution in [1.82, 2.24) is 10.2 Å². The first kappa shape index (κ1) is 18.3. The van der Waals surface area contributed by atoms with E-state index in [4.69, 9.17) is 9.15 Å². The van der Waals surface area contributed by atoms with Gasteiger partial charge in [-0.2, -0.15) is 0 Å². The number of piperidine rings is 1. The molecule has 0 radical (unpaired) electrons. The number of ether oxygens (including phenoxy) is 1. The molecule has 0 saturated carbocycles. The number of likely N-dealkylation sites (tertiary alicyclic amines) is 1. The summed E-state index contributed by atoms with van der Waals surface area (Å²) in [6, 6.07) is 7.71. The van der Waals surface area contributed by atoms with Crippen LogP contribution in [0.4, 0.5) is 4.79 Å². The van der Waals surface area contributed by atoms with E-state index in [0.29, 0.717) is 19.5 Å². The fourth-order valence-electron chi connectivity index (χ4n) is 3.20. The number of hydrogen-bond acceptors (Lipinski definition) is 4. The quantitative estimate of drug-likeness (QED) is 0.912. The predicted molar refractivity (Wildman–Crippen MR) is 98.9 cm³/mol. The molecule has 140 valence electrons. The fourth-order valence-corrected chi connectivity index (χ4v) is 3.20. The molecule has 1 N–H and O–H groups in total. The van der Waals surface area contributed by atoms with Crippen LogP contribution in [-0.4, -0.2) is 41.6 Å². The summed E-state index contributed by atoms with van der Waals surface area (Å²) in [5.41, 5.74) is 1.26. The van der Waals surface area contributed by atoms with Gasteiger partial charge in [-0.25, -0.2) is 4.79 Å². The van der Waals surface area contributed by atoms with Crippen molar-refractivity contribution in [2.45, 2.75) is 51.7 Å². The second kappa shape index (κ2) is 7.40. The minimum Gasteiger partial charge on any atom is -0.464 e. The number of furan rings is 1. The molecule has 3 rings (SSSR count). The summed E-state index contributed by atoms with van der Waals surface area (Å²) in [7, 11) is 0. The molecule has 1 aliphatic heterocycles. The van der Waals surface area contributed by atoms with Crippen LogP contribution in [0.15, 0.2) is 34.9 Å². The Morgan fingerprint density at radius 2 is 1.96 bits per heavy atom. The normalized spacial score (nSPS) is 15.9. The van der Waals surface area contributed by atoms with E-state index >= 15 is 0 Å². The van der Waals surface area contributed by atoms with Crippen molar-refractivity contribution in [3.05, 3.63) is 36.1 Å². The molecule has 2 aromatic rings. The lowest BCUT2D eigenvalue weighted by Gasteiger charge is -2.33. The van der Waals surface area contributed by atoms with Crippen LogP contribution in [0.5, 0.6) is 0 Å². The number of amides is 2. The van der Waals surface area contributed by atoms with E-state index in [0.717, 1.165) is 29.4 Å². The van der Waals surface area contributed by atoms with E-state index < -0.39 is 5.60 Å². The lowest BCUT2D eigenvalue weighted by molar-refractivity contribution is -0.121. The summed E-state index contributed by atoms with van der Waals surface area (Å²) in [5.74, 6) is -0.00517. The van der Waals surface area contributed by atoms with Crippen molar-refractivity contribution in [1.29, 1.82) is 0 Å². The first-order valence-corrected chi connectivity index (χ1v) is 9.04. The zero-order valence-electron chi connectivity index (χ0n) is 15.6. The van der Waals surface area contributed by atoms with Crippen molar-refractivity contribution in [3.63, 3.8) is 0 Å². The molecule has 1 aliphatic rings. The van der Waals surface area contributed by atoms with E-state index in [1.807, 2.05) is 45.0 Å². The summed E-state index contributed by atoms with van der Waals surface area (Å²) in [6.45, 7) is 6.77. The lowest BCUT2D eigenvalue weighted by Crippen LogP contribution is -2.48. The second-order valence-electron chi connectivity index (χ2n) is 7.74. The van der Waals surface area contributed by atoms with Gasteiger partial charge in [0.15, 0.2) is 0 Å². The minimum atomic E-state index is -0.490. The third-order valence-corrected chi connectivity index (χ3v) is 4.45. The van der Waals surface area contributed by atoms with Crippen molar-refractivity contribution >= 4 is 23.0 Å². The van der Waals surface area contributed by atoms with Crippen molar-refractivity contribution in [3.8, 4) is 0 Å². The first-order valence-electron chi connectivity index (χ1n) is 9.04. The van der Waals surface area contributed by atoms with Crippen LogP contribution >= 0.6 is 0 Å². The molecule has 0 unspecified atom stereocenters. The van der Waals surface area contributed by atoms with Crippen LogP contribution in [0.3, 0.4) is 0 Å². The Kier molecular flexibility index (Phi) is 5.20. The summed E-state index contributed by atoms with van der Waals surface area (Å²) in [6.07, 6.45) is 3.15. The standard InChI is InChI=1S/C20H26N2O4/c1-20(2,3)26-19(24)22-10-7-15(8-11-22)21-18(23)13-14-5-4-6-17-16(14)9-12-25-17/h4-6,9,12,15H,7-8,10-11,13H2,1-3H3,(H,21,23). The highest BCUT2D eigenvalue weighted by Gasteiger charge is 2.27. The third-order valence-electron chi connectivity index (χ3n) is 4.45. The maximum Gasteiger partial charge on any atom is 0.410 e. The van der Waals surface area contributed by atoms with E-state index in [-0.39, 0.29) is 18.0 Å². The topological polar surface area (TPSA) is 71.8 Å². The Labute approximate surface area is 153 Å². The van der Waals surface area contributed by atoms with Gasteiger partial charge in [-0.15, -0.1) is 0 Å². The molecule has 1 aromatic heterocycles. The van der Waals surface area contributed by atoms with Crippen molar-refractivity contribution < 1.29 is 18.7 Å². The first-order chi connectivity index (χ1) is 12.3. The predicted octanol–water partition coefficient (Wildman–Crippen LogP) is 3.49. The van der Waals surface area contributed by atoms with Gasteiger partial charge in [-0.05, 0) is 51.3 Å². The molecule has 1 aromatic carbocycles. The monoisotopic (exact) mass is 358 g/mol. The molecule has 0 atom stereocenters. The number of nitrogens with zero attached hydrogens (tertiary/aromatic N) is 1. The number of carbonyl (C=O) groups excluding carboxylic acids is 2. The fraction of sp³-hybridized carbons (Fsp3) is 0.500. The lowest BCUT2D eigenvalue weighted by atomic mass is 10.0. The second-order valence-corrected chi connectivity index (χ2v) is 7.74. The Morgan fingerprint density at radius 3 is 2.65 bits per heavy atom. The third kappa shape index (κ3) is 4.56. The maximum atomic E-state index is 12.4. The number of fused-ring (bicyclic) bond motifs is 1. The summed E-state index contributed by atoms with van der Waals surface area (Å²) in [5, 5.41) is 4.06. The van der Waals surface area contributed by atoms with Crippen LogP contribution in [0.25, 0.3) is 11.0 Å². The Morgan fingerprint density at radius 1 is 1.23 bits per heavy atom. The average Bonchev–Trinajstić information content (AvgIpc) is 3.03. The van der Waals surface area contributed by atoms with Gasteiger partial charge in [0.25, 0.3) is 0 Å². The van der Waals surface area contributed by atoms with Gasteiger partial charge in [0.2, 0.25) is 5.91 Å². The minimum absolute atomic E-state index is 0.00517. The zero-order valence-corrected chi connectivity index (χ0v) is 15.6. The number of rotatable bonds is 3. The molecule has 6 nitrogen and oxygen atoms in total. The summed E-state index contributed by atoms with van der Waals surface area (Å²) < 4.78 is 10.8. The molecule has 1 saturated heterocycles. The van der Waals surface area contributed by atoms with Gasteiger partial charge in [-0.3, -0.25) is 4.79 Å². The van der Waals surface area contributed by atoms with E-state index in [1.54, 1.807) is 11.2 Å². The smallest absolute Gasteiger partial charge is 0.410 e. The Hall–Kier alpha value is -2.50. The van der Waals surface area contributed by atoms with Gasteiger partial charge in [0.05, 0.1) is 12.7 Å². The maximum absolute atomic E-state index is 12.4. The molecular formula is C20H26N2O4. The highest BCUT2D eigenvalue weighted by Crippen LogP contribution is 2.21. The van der Waals surface area contributed by atoms with Gasteiger partial charge >= 0.3 is 6.09 Å². The summed E-state index contributed by atoms with van der Waals surface area (Å²) >= 11 is 0. The molecule has 0 bridgehead atoms. The molecule has 26 heavy (non-hydrogen) atoms. The Balaban J connectivity index is 1.49. The van der Waals surface area contributed by atoms with Crippen LogP contribution < -0.4 is 5.32 Å². The van der Waals surface area contributed by atoms with Gasteiger partial charge < -0.3 is 19.4 Å². The SMILES string of the molecule is CC(C)(C)OC(=O)N1CCC(NC(=O)Cc2cccc3occc23)CC1. The molecule has 2 amide bonds. The molecule has 0 spiro atoms. The van der Waals surface area contributed by atoms with Gasteiger partial charge in [0.1, 0.15) is 11.2 Å². The summed E-state index contributed by atoms with van der Waals surface area (Å²) in [4.78, 5) is 26.2. The molecular weight excluding hydrogens is 332 g/mol. The van der Waals surface area contributed by atoms with Gasteiger partial charge in [0, 0.05) is 24.5 Å². The van der Waals surface area contributed by atoms with Gasteiger partial charge in [-0.1, -0.05) is 12.1 Å². The number of nitrogens with one attached hydrogen (secondary N) is 1. The molecule has 1 fully saturated rings. The number of carbonyl (C=O) groups is 2. The zero-order chi connectivity index (χ0) is 18.7. The van der Waals surface area contributed by atoms with E-state index in [2.05, 4.69) is 5.32 Å². The highest BCUT2D eigenvalue weighted by molar-refractivity contribution is 5.87.